The predicted octanol–water partition coefficient (Wildman–Crippen LogP) is 2.16. The van der Waals surface area contributed by atoms with Gasteiger partial charge in [-0.1, -0.05) is 43.2 Å². The third-order valence-electron chi connectivity index (χ3n) is 4.72. The molecule has 0 saturated heterocycles. The van der Waals surface area contributed by atoms with Gasteiger partial charge in [-0.25, -0.2) is 8.42 Å². The zero-order chi connectivity index (χ0) is 15.3. The van der Waals surface area contributed by atoms with Crippen LogP contribution in [0.3, 0.4) is 0 Å². The van der Waals surface area contributed by atoms with E-state index in [1.165, 1.54) is 24.7 Å². The first kappa shape index (κ1) is 16.5. The van der Waals surface area contributed by atoms with Gasteiger partial charge in [0, 0.05) is 23.5 Å². The summed E-state index contributed by atoms with van der Waals surface area (Å²) >= 11 is 0. The molecule has 0 spiro atoms. The summed E-state index contributed by atoms with van der Waals surface area (Å²) in [6, 6.07) is 10.6. The third kappa shape index (κ3) is 4.05. The molecule has 1 fully saturated rings. The Hall–Kier alpha value is -0.910. The van der Waals surface area contributed by atoms with Crippen LogP contribution in [0.15, 0.2) is 30.3 Å². The number of sulfone groups is 1. The van der Waals surface area contributed by atoms with Gasteiger partial charge in [0.1, 0.15) is 9.84 Å². The van der Waals surface area contributed by atoms with Crippen LogP contribution in [0.25, 0.3) is 0 Å². The van der Waals surface area contributed by atoms with Crippen LogP contribution in [0.2, 0.25) is 0 Å². The number of nitrogens with one attached hydrogen (secondary N) is 1. The first-order chi connectivity index (χ1) is 9.98. The molecule has 0 aromatic heterocycles. The van der Waals surface area contributed by atoms with E-state index in [2.05, 4.69) is 29.7 Å². The number of hydrogen-bond donors (Lipinski definition) is 2. The van der Waals surface area contributed by atoms with Crippen LogP contribution >= 0.6 is 0 Å². The zero-order valence-electron chi connectivity index (χ0n) is 12.7. The molecule has 1 saturated carbocycles. The fourth-order valence-electron chi connectivity index (χ4n) is 3.68. The van der Waals surface area contributed by atoms with Crippen molar-refractivity contribution in [1.82, 2.24) is 5.43 Å². The Morgan fingerprint density at radius 3 is 2.38 bits per heavy atom. The summed E-state index contributed by atoms with van der Waals surface area (Å²) in [7, 11) is -2.90. The third-order valence-corrected chi connectivity index (χ3v) is 5.75. The van der Waals surface area contributed by atoms with Crippen molar-refractivity contribution in [1.29, 1.82) is 0 Å². The highest BCUT2D eigenvalue weighted by molar-refractivity contribution is 7.90. The molecule has 1 atom stereocenters. The molecule has 1 unspecified atom stereocenters. The van der Waals surface area contributed by atoms with Gasteiger partial charge in [0.05, 0.1) is 0 Å². The SMILES string of the molecule is CS(=O)(=O)CCCC(NN)C1(c2ccccc2)CCCC1. The Morgan fingerprint density at radius 2 is 1.86 bits per heavy atom. The van der Waals surface area contributed by atoms with Gasteiger partial charge in [-0.15, -0.1) is 0 Å². The summed E-state index contributed by atoms with van der Waals surface area (Å²) in [6.07, 6.45) is 7.38. The lowest BCUT2D eigenvalue weighted by Gasteiger charge is -2.38. The second-order valence-corrected chi connectivity index (χ2v) is 8.48. The Labute approximate surface area is 128 Å². The summed E-state index contributed by atoms with van der Waals surface area (Å²) < 4.78 is 22.6. The molecule has 5 heteroatoms. The minimum Gasteiger partial charge on any atom is -0.271 e. The molecule has 2 rings (SSSR count). The van der Waals surface area contributed by atoms with E-state index >= 15 is 0 Å². The van der Waals surface area contributed by atoms with Crippen LogP contribution in [0.4, 0.5) is 0 Å². The highest BCUT2D eigenvalue weighted by atomic mass is 32.2. The highest BCUT2D eigenvalue weighted by Gasteiger charge is 2.41. The molecular formula is C16H26N2O2S. The van der Waals surface area contributed by atoms with Gasteiger partial charge in [-0.3, -0.25) is 11.3 Å². The Morgan fingerprint density at radius 1 is 1.24 bits per heavy atom. The first-order valence-electron chi connectivity index (χ1n) is 7.67. The van der Waals surface area contributed by atoms with Gasteiger partial charge < -0.3 is 0 Å². The first-order valence-corrected chi connectivity index (χ1v) is 9.73. The van der Waals surface area contributed by atoms with Crippen molar-refractivity contribution < 1.29 is 8.42 Å². The van der Waals surface area contributed by atoms with Crippen molar-refractivity contribution in [3.63, 3.8) is 0 Å². The fourth-order valence-corrected chi connectivity index (χ4v) is 4.37. The largest absolute Gasteiger partial charge is 0.271 e. The monoisotopic (exact) mass is 310 g/mol. The van der Waals surface area contributed by atoms with Gasteiger partial charge in [0.25, 0.3) is 0 Å². The van der Waals surface area contributed by atoms with E-state index < -0.39 is 9.84 Å². The standard InChI is InChI=1S/C16H26N2O2S/c1-21(19,20)13-7-10-15(18-17)16(11-5-6-12-16)14-8-3-2-4-9-14/h2-4,8-9,15,18H,5-7,10-13,17H2,1H3. The van der Waals surface area contributed by atoms with Crippen LogP contribution in [-0.2, 0) is 15.3 Å². The van der Waals surface area contributed by atoms with Crippen LogP contribution in [0.5, 0.6) is 0 Å². The summed E-state index contributed by atoms with van der Waals surface area (Å²) in [6.45, 7) is 0. The molecule has 0 bridgehead atoms. The van der Waals surface area contributed by atoms with Crippen molar-refractivity contribution in [2.45, 2.75) is 50.0 Å². The van der Waals surface area contributed by atoms with Crippen molar-refractivity contribution in [3.05, 3.63) is 35.9 Å². The van der Waals surface area contributed by atoms with Crippen molar-refractivity contribution in [3.8, 4) is 0 Å². The molecule has 3 N–H and O–H groups in total. The summed E-state index contributed by atoms with van der Waals surface area (Å²) in [5, 5.41) is 0. The maximum Gasteiger partial charge on any atom is 0.147 e. The molecule has 0 amide bonds. The minimum absolute atomic E-state index is 0.0491. The van der Waals surface area contributed by atoms with E-state index in [0.29, 0.717) is 6.42 Å². The Balaban J connectivity index is 2.15. The number of nitrogens with two attached hydrogens (primary N) is 1. The van der Waals surface area contributed by atoms with Crippen LogP contribution in [0.1, 0.15) is 44.1 Å². The van der Waals surface area contributed by atoms with E-state index in [-0.39, 0.29) is 17.2 Å². The highest BCUT2D eigenvalue weighted by Crippen LogP contribution is 2.44. The second kappa shape index (κ2) is 6.90. The topological polar surface area (TPSA) is 72.2 Å². The van der Waals surface area contributed by atoms with Crippen molar-refractivity contribution >= 4 is 9.84 Å². The van der Waals surface area contributed by atoms with Gasteiger partial charge in [-0.2, -0.15) is 0 Å². The average molecular weight is 310 g/mol. The van der Waals surface area contributed by atoms with E-state index in [1.807, 2.05) is 6.07 Å². The van der Waals surface area contributed by atoms with Crippen LogP contribution < -0.4 is 11.3 Å². The maximum atomic E-state index is 11.3. The molecule has 118 valence electrons. The molecule has 1 aromatic rings. The van der Waals surface area contributed by atoms with E-state index in [4.69, 9.17) is 5.84 Å². The smallest absolute Gasteiger partial charge is 0.147 e. The summed E-state index contributed by atoms with van der Waals surface area (Å²) in [5.41, 5.74) is 4.35. The minimum atomic E-state index is -2.90. The zero-order valence-corrected chi connectivity index (χ0v) is 13.5. The van der Waals surface area contributed by atoms with E-state index in [9.17, 15) is 8.42 Å². The maximum absolute atomic E-state index is 11.3. The molecule has 1 aliphatic rings. The molecule has 21 heavy (non-hydrogen) atoms. The van der Waals surface area contributed by atoms with Gasteiger partial charge in [0.15, 0.2) is 0 Å². The van der Waals surface area contributed by atoms with Gasteiger partial charge in [-0.05, 0) is 31.2 Å². The number of hydrogen-bond acceptors (Lipinski definition) is 4. The molecule has 4 nitrogen and oxygen atoms in total. The van der Waals surface area contributed by atoms with Crippen LogP contribution in [0, 0.1) is 0 Å². The molecule has 0 heterocycles. The van der Waals surface area contributed by atoms with Crippen molar-refractivity contribution in [2.75, 3.05) is 12.0 Å². The Kier molecular flexibility index (Phi) is 5.41. The number of benzene rings is 1. The van der Waals surface area contributed by atoms with E-state index in [1.54, 1.807) is 0 Å². The molecule has 1 aromatic carbocycles. The summed E-state index contributed by atoms with van der Waals surface area (Å²) in [4.78, 5) is 0. The number of rotatable bonds is 7. The molecule has 0 aliphatic heterocycles. The lowest BCUT2D eigenvalue weighted by atomic mass is 9.71. The van der Waals surface area contributed by atoms with E-state index in [0.717, 1.165) is 19.3 Å². The quantitative estimate of drug-likeness (QED) is 0.598. The second-order valence-electron chi connectivity index (χ2n) is 6.22. The lowest BCUT2D eigenvalue weighted by Crippen LogP contribution is -2.50. The molecule has 0 radical (unpaired) electrons. The number of hydrazine groups is 1. The molecular weight excluding hydrogens is 284 g/mol. The van der Waals surface area contributed by atoms with Crippen LogP contribution in [-0.4, -0.2) is 26.5 Å². The Bertz CT molecular complexity index is 537. The summed E-state index contributed by atoms with van der Waals surface area (Å²) in [5.74, 6) is 6.06. The molecule has 1 aliphatic carbocycles. The average Bonchev–Trinajstić information content (AvgIpc) is 2.94. The predicted molar refractivity (Wildman–Crippen MR) is 86.6 cm³/mol. The van der Waals surface area contributed by atoms with Gasteiger partial charge in [0.2, 0.25) is 0 Å². The normalized spacial score (nSPS) is 19.5. The lowest BCUT2D eigenvalue weighted by molar-refractivity contribution is 0.282. The van der Waals surface area contributed by atoms with Gasteiger partial charge >= 0.3 is 0 Å². The fraction of sp³-hybridized carbons (Fsp3) is 0.625. The van der Waals surface area contributed by atoms with Crippen molar-refractivity contribution in [2.24, 2.45) is 5.84 Å².